The molecule has 3 N–H and O–H groups in total. The number of aryl methyl sites for hydroxylation is 2. The molecule has 1 aliphatic rings. The first-order chi connectivity index (χ1) is 13.0. The van der Waals surface area contributed by atoms with Gasteiger partial charge < -0.3 is 20.9 Å². The first kappa shape index (κ1) is 18.8. The Morgan fingerprint density at radius 2 is 1.70 bits per heavy atom. The zero-order valence-electron chi connectivity index (χ0n) is 15.6. The molecule has 3 amide bonds. The maximum absolute atomic E-state index is 12.5. The molecule has 1 aliphatic heterocycles. The second-order valence-corrected chi connectivity index (χ2v) is 6.87. The van der Waals surface area contributed by atoms with E-state index in [2.05, 4.69) is 5.32 Å². The second kappa shape index (κ2) is 8.58. The molecule has 27 heavy (non-hydrogen) atoms. The van der Waals surface area contributed by atoms with Gasteiger partial charge in [0.15, 0.2) is 0 Å². The van der Waals surface area contributed by atoms with Gasteiger partial charge in [-0.05, 0) is 42.7 Å². The normalized spacial score (nSPS) is 14.1. The topological polar surface area (TPSA) is 78.7 Å². The van der Waals surface area contributed by atoms with E-state index in [1.807, 2.05) is 60.4 Å². The van der Waals surface area contributed by atoms with Gasteiger partial charge in [0, 0.05) is 44.0 Å². The Kier molecular flexibility index (Phi) is 5.96. The third-order valence-corrected chi connectivity index (χ3v) is 4.85. The van der Waals surface area contributed by atoms with Gasteiger partial charge in [-0.2, -0.15) is 0 Å². The average Bonchev–Trinajstić information content (AvgIpc) is 2.67. The molecule has 2 aromatic rings. The number of nitrogen functional groups attached to an aromatic ring is 1. The van der Waals surface area contributed by atoms with Crippen LogP contribution in [-0.4, -0.2) is 47.9 Å². The molecular weight excluding hydrogens is 340 g/mol. The number of benzene rings is 2. The number of anilines is 2. The first-order valence-electron chi connectivity index (χ1n) is 9.26. The zero-order chi connectivity index (χ0) is 19.2. The van der Waals surface area contributed by atoms with Crippen LogP contribution in [0.2, 0.25) is 0 Å². The van der Waals surface area contributed by atoms with Crippen molar-refractivity contribution in [1.82, 2.24) is 9.80 Å². The van der Waals surface area contributed by atoms with Gasteiger partial charge >= 0.3 is 6.03 Å². The summed E-state index contributed by atoms with van der Waals surface area (Å²) in [4.78, 5) is 28.4. The van der Waals surface area contributed by atoms with Crippen molar-refractivity contribution in [1.29, 1.82) is 0 Å². The highest BCUT2D eigenvalue weighted by atomic mass is 16.2. The summed E-state index contributed by atoms with van der Waals surface area (Å²) >= 11 is 0. The van der Waals surface area contributed by atoms with Crippen LogP contribution in [0.25, 0.3) is 0 Å². The highest BCUT2D eigenvalue weighted by Crippen LogP contribution is 2.15. The van der Waals surface area contributed by atoms with Crippen molar-refractivity contribution in [3.05, 3.63) is 59.7 Å². The molecule has 0 radical (unpaired) electrons. The van der Waals surface area contributed by atoms with Gasteiger partial charge in [-0.25, -0.2) is 4.79 Å². The number of rotatable bonds is 4. The van der Waals surface area contributed by atoms with Crippen LogP contribution >= 0.6 is 0 Å². The van der Waals surface area contributed by atoms with Crippen molar-refractivity contribution in [2.24, 2.45) is 0 Å². The smallest absolute Gasteiger partial charge is 0.321 e. The predicted molar refractivity (Wildman–Crippen MR) is 108 cm³/mol. The van der Waals surface area contributed by atoms with Crippen molar-refractivity contribution < 1.29 is 9.59 Å². The number of amides is 3. The second-order valence-electron chi connectivity index (χ2n) is 6.87. The number of nitrogens with zero attached hydrogens (tertiary/aromatic N) is 2. The standard InChI is InChI=1S/C21H26N4O2/c1-16-5-4-7-18(15-16)23-21(27)25-13-11-24(12-14-25)20(26)10-9-17-6-2-3-8-19(17)22/h2-8,15H,9-14,22H2,1H3,(H,23,27). The van der Waals surface area contributed by atoms with Gasteiger partial charge in [-0.1, -0.05) is 30.3 Å². The van der Waals surface area contributed by atoms with Crippen molar-refractivity contribution in [2.75, 3.05) is 37.2 Å². The van der Waals surface area contributed by atoms with Crippen LogP contribution in [-0.2, 0) is 11.2 Å². The summed E-state index contributed by atoms with van der Waals surface area (Å²) in [5, 5.41) is 2.92. The molecule has 1 fully saturated rings. The number of urea groups is 1. The molecule has 142 valence electrons. The maximum Gasteiger partial charge on any atom is 0.321 e. The van der Waals surface area contributed by atoms with Gasteiger partial charge in [-0.3, -0.25) is 4.79 Å². The number of hydrogen-bond donors (Lipinski definition) is 2. The number of piperazine rings is 1. The van der Waals surface area contributed by atoms with E-state index in [9.17, 15) is 9.59 Å². The van der Waals surface area contributed by atoms with E-state index in [0.717, 1.165) is 22.5 Å². The monoisotopic (exact) mass is 366 g/mol. The van der Waals surface area contributed by atoms with E-state index in [0.29, 0.717) is 39.0 Å². The van der Waals surface area contributed by atoms with Crippen LogP contribution < -0.4 is 11.1 Å². The number of nitrogens with two attached hydrogens (primary N) is 1. The van der Waals surface area contributed by atoms with Gasteiger partial charge in [0.05, 0.1) is 0 Å². The Balaban J connectivity index is 1.46. The Morgan fingerprint density at radius 1 is 1.00 bits per heavy atom. The van der Waals surface area contributed by atoms with E-state index in [4.69, 9.17) is 5.73 Å². The fourth-order valence-electron chi connectivity index (χ4n) is 3.25. The zero-order valence-corrected chi connectivity index (χ0v) is 15.6. The van der Waals surface area contributed by atoms with E-state index < -0.39 is 0 Å². The molecule has 6 nitrogen and oxygen atoms in total. The molecule has 0 unspecified atom stereocenters. The molecule has 6 heteroatoms. The largest absolute Gasteiger partial charge is 0.399 e. The average molecular weight is 366 g/mol. The van der Waals surface area contributed by atoms with Crippen molar-refractivity contribution in [3.8, 4) is 0 Å². The number of carbonyl (C=O) groups excluding carboxylic acids is 2. The lowest BCUT2D eigenvalue weighted by molar-refractivity contribution is -0.132. The summed E-state index contributed by atoms with van der Waals surface area (Å²) in [5.74, 6) is 0.108. The fraction of sp³-hybridized carbons (Fsp3) is 0.333. The summed E-state index contributed by atoms with van der Waals surface area (Å²) in [7, 11) is 0. The van der Waals surface area contributed by atoms with E-state index in [1.54, 1.807) is 4.90 Å². The number of hydrogen-bond acceptors (Lipinski definition) is 3. The predicted octanol–water partition coefficient (Wildman–Crippen LogP) is 2.89. The number of para-hydroxylation sites is 1. The summed E-state index contributed by atoms with van der Waals surface area (Å²) in [6.07, 6.45) is 1.07. The number of carbonyl (C=O) groups is 2. The summed E-state index contributed by atoms with van der Waals surface area (Å²) in [5.41, 5.74) is 9.55. The Labute approximate surface area is 159 Å². The summed E-state index contributed by atoms with van der Waals surface area (Å²) in [6.45, 7) is 4.19. The molecule has 0 saturated carbocycles. The Hall–Kier alpha value is -3.02. The fourth-order valence-corrected chi connectivity index (χ4v) is 3.25. The SMILES string of the molecule is Cc1cccc(NC(=O)N2CCN(C(=O)CCc3ccccc3N)CC2)c1. The maximum atomic E-state index is 12.5. The highest BCUT2D eigenvalue weighted by molar-refractivity contribution is 5.89. The Bertz CT molecular complexity index is 813. The summed E-state index contributed by atoms with van der Waals surface area (Å²) in [6, 6.07) is 15.2. The molecule has 1 heterocycles. The molecule has 2 aromatic carbocycles. The van der Waals surface area contributed by atoms with Crippen LogP contribution in [0.4, 0.5) is 16.2 Å². The lowest BCUT2D eigenvalue weighted by atomic mass is 10.1. The first-order valence-corrected chi connectivity index (χ1v) is 9.26. The van der Waals surface area contributed by atoms with Gasteiger partial charge in [0.2, 0.25) is 5.91 Å². The lowest BCUT2D eigenvalue weighted by Gasteiger charge is -2.34. The van der Waals surface area contributed by atoms with Crippen LogP contribution in [0, 0.1) is 6.92 Å². The molecule has 3 rings (SSSR count). The van der Waals surface area contributed by atoms with Gasteiger partial charge in [-0.15, -0.1) is 0 Å². The van der Waals surface area contributed by atoms with Crippen LogP contribution in [0.5, 0.6) is 0 Å². The highest BCUT2D eigenvalue weighted by Gasteiger charge is 2.24. The minimum atomic E-state index is -0.121. The van der Waals surface area contributed by atoms with Crippen LogP contribution in [0.15, 0.2) is 48.5 Å². The van der Waals surface area contributed by atoms with Crippen LogP contribution in [0.3, 0.4) is 0 Å². The molecule has 1 saturated heterocycles. The molecule has 0 aliphatic carbocycles. The van der Waals surface area contributed by atoms with Gasteiger partial charge in [0.1, 0.15) is 0 Å². The van der Waals surface area contributed by atoms with Crippen LogP contribution in [0.1, 0.15) is 17.5 Å². The quantitative estimate of drug-likeness (QED) is 0.817. The van der Waals surface area contributed by atoms with E-state index in [-0.39, 0.29) is 11.9 Å². The van der Waals surface area contributed by atoms with E-state index >= 15 is 0 Å². The number of nitrogens with one attached hydrogen (secondary N) is 1. The van der Waals surface area contributed by atoms with E-state index in [1.165, 1.54) is 0 Å². The minimum Gasteiger partial charge on any atom is -0.399 e. The van der Waals surface area contributed by atoms with Crippen molar-refractivity contribution in [3.63, 3.8) is 0 Å². The third kappa shape index (κ3) is 5.00. The molecule has 0 bridgehead atoms. The molecule has 0 spiro atoms. The molecule has 0 atom stereocenters. The molecular formula is C21H26N4O2. The Morgan fingerprint density at radius 3 is 2.41 bits per heavy atom. The minimum absolute atomic E-state index is 0.108. The lowest BCUT2D eigenvalue weighted by Crippen LogP contribution is -2.51. The third-order valence-electron chi connectivity index (χ3n) is 4.85. The summed E-state index contributed by atoms with van der Waals surface area (Å²) < 4.78 is 0. The van der Waals surface area contributed by atoms with Gasteiger partial charge in [0.25, 0.3) is 0 Å². The van der Waals surface area contributed by atoms with Crippen molar-refractivity contribution >= 4 is 23.3 Å². The molecule has 0 aromatic heterocycles. The van der Waals surface area contributed by atoms with Crippen molar-refractivity contribution in [2.45, 2.75) is 19.8 Å².